The number of benzene rings is 2. The van der Waals surface area contributed by atoms with E-state index in [2.05, 4.69) is 21.1 Å². The third-order valence-electron chi connectivity index (χ3n) is 5.84. The summed E-state index contributed by atoms with van der Waals surface area (Å²) in [5.74, 6) is 2.34. The van der Waals surface area contributed by atoms with Crippen molar-refractivity contribution in [1.29, 1.82) is 0 Å². The predicted molar refractivity (Wildman–Crippen MR) is 157 cm³/mol. The van der Waals surface area contributed by atoms with Crippen LogP contribution in [-0.2, 0) is 9.59 Å². The molecule has 2 rings (SSSR count). The van der Waals surface area contributed by atoms with Crippen LogP contribution in [0.4, 0.5) is 0 Å². The predicted octanol–water partition coefficient (Wildman–Crippen LogP) is 5.22. The van der Waals surface area contributed by atoms with Crippen LogP contribution in [0.15, 0.2) is 46.6 Å². The van der Waals surface area contributed by atoms with Gasteiger partial charge in [-0.05, 0) is 74.2 Å². The summed E-state index contributed by atoms with van der Waals surface area (Å²) < 4.78 is 21.6. The lowest BCUT2D eigenvalue weighted by atomic mass is 10.1. The molecule has 0 unspecified atom stereocenters. The fraction of sp³-hybridized carbons (Fsp3) is 0.467. The lowest BCUT2D eigenvalue weighted by Crippen LogP contribution is -2.17. The quantitative estimate of drug-likeness (QED) is 0.140. The molecule has 0 aliphatic rings. The number of hydrogen-bond acceptors (Lipinski definition) is 8. The summed E-state index contributed by atoms with van der Waals surface area (Å²) in [6, 6.07) is 10.9. The van der Waals surface area contributed by atoms with Crippen molar-refractivity contribution in [3.05, 3.63) is 47.5 Å². The van der Waals surface area contributed by atoms with E-state index < -0.39 is 0 Å². The Morgan fingerprint density at radius 3 is 1.43 bits per heavy atom. The van der Waals surface area contributed by atoms with Crippen LogP contribution in [0.25, 0.3) is 0 Å². The van der Waals surface area contributed by atoms with Gasteiger partial charge in [-0.1, -0.05) is 25.7 Å². The van der Waals surface area contributed by atoms with Crippen LogP contribution in [-0.4, -0.2) is 51.7 Å². The average Bonchev–Trinajstić information content (AvgIpc) is 2.96. The molecule has 0 atom stereocenters. The summed E-state index contributed by atoms with van der Waals surface area (Å²) in [6.45, 7) is 4.92. The number of carbonyl (C=O) groups excluding carboxylic acids is 2. The van der Waals surface area contributed by atoms with Crippen molar-refractivity contribution in [2.45, 2.75) is 65.2 Å². The molecule has 0 aromatic heterocycles. The summed E-state index contributed by atoms with van der Waals surface area (Å²) in [6.07, 6.45) is 9.53. The van der Waals surface area contributed by atoms with Gasteiger partial charge >= 0.3 is 0 Å². The van der Waals surface area contributed by atoms with Crippen molar-refractivity contribution in [2.24, 2.45) is 10.2 Å². The van der Waals surface area contributed by atoms with Crippen molar-refractivity contribution < 1.29 is 28.5 Å². The molecule has 0 saturated carbocycles. The minimum Gasteiger partial charge on any atom is -0.493 e. The molecule has 0 spiro atoms. The van der Waals surface area contributed by atoms with Gasteiger partial charge in [-0.15, -0.1) is 0 Å². The van der Waals surface area contributed by atoms with Gasteiger partial charge in [-0.3, -0.25) is 9.59 Å². The Hall–Kier alpha value is -4.08. The van der Waals surface area contributed by atoms with Gasteiger partial charge in [0, 0.05) is 12.8 Å². The monoisotopic (exact) mass is 554 g/mol. The second-order valence-electron chi connectivity index (χ2n) is 8.89. The molecule has 0 saturated heterocycles. The number of hydrogen-bond donors (Lipinski definition) is 2. The van der Waals surface area contributed by atoms with Gasteiger partial charge < -0.3 is 18.9 Å². The molecule has 10 heteroatoms. The van der Waals surface area contributed by atoms with Gasteiger partial charge in [0.1, 0.15) is 0 Å². The molecular formula is C30H42N4O6. The van der Waals surface area contributed by atoms with Crippen molar-refractivity contribution in [3.63, 3.8) is 0 Å². The molecule has 0 aliphatic carbocycles. The Kier molecular flexibility index (Phi) is 15.3. The van der Waals surface area contributed by atoms with Crippen LogP contribution in [0.5, 0.6) is 23.0 Å². The maximum atomic E-state index is 12.0. The number of rotatable bonds is 19. The molecule has 2 N–H and O–H groups in total. The van der Waals surface area contributed by atoms with Crippen LogP contribution in [0.2, 0.25) is 0 Å². The molecular weight excluding hydrogens is 512 g/mol. The fourth-order valence-electron chi connectivity index (χ4n) is 3.83. The third kappa shape index (κ3) is 12.2. The number of hydrazone groups is 2. The first-order valence-corrected chi connectivity index (χ1v) is 13.8. The van der Waals surface area contributed by atoms with Gasteiger partial charge in [0.2, 0.25) is 11.8 Å². The number of carbonyl (C=O) groups is 2. The molecule has 2 amide bonds. The van der Waals surface area contributed by atoms with Crippen LogP contribution in [0.1, 0.15) is 76.3 Å². The number of amides is 2. The van der Waals surface area contributed by atoms with Gasteiger partial charge in [-0.2, -0.15) is 10.2 Å². The van der Waals surface area contributed by atoms with E-state index in [-0.39, 0.29) is 11.8 Å². The highest BCUT2D eigenvalue weighted by molar-refractivity contribution is 5.84. The molecule has 10 nitrogen and oxygen atoms in total. The molecule has 0 heterocycles. The van der Waals surface area contributed by atoms with Gasteiger partial charge in [0.05, 0.1) is 39.9 Å². The Morgan fingerprint density at radius 1 is 0.650 bits per heavy atom. The van der Waals surface area contributed by atoms with Crippen LogP contribution in [0, 0.1) is 0 Å². The van der Waals surface area contributed by atoms with E-state index in [0.717, 1.165) is 49.7 Å². The Morgan fingerprint density at radius 2 is 1.05 bits per heavy atom. The summed E-state index contributed by atoms with van der Waals surface area (Å²) in [7, 11) is 3.16. The Balaban J connectivity index is 1.53. The molecule has 0 bridgehead atoms. The fourth-order valence-corrected chi connectivity index (χ4v) is 3.83. The van der Waals surface area contributed by atoms with E-state index in [9.17, 15) is 9.59 Å². The van der Waals surface area contributed by atoms with E-state index >= 15 is 0 Å². The normalized spacial score (nSPS) is 11.0. The highest BCUT2D eigenvalue weighted by Crippen LogP contribution is 2.28. The second-order valence-corrected chi connectivity index (χ2v) is 8.89. The highest BCUT2D eigenvalue weighted by Gasteiger charge is 2.06. The van der Waals surface area contributed by atoms with E-state index in [4.69, 9.17) is 18.9 Å². The van der Waals surface area contributed by atoms with E-state index in [1.165, 1.54) is 0 Å². The van der Waals surface area contributed by atoms with Crippen LogP contribution < -0.4 is 29.8 Å². The topological polar surface area (TPSA) is 120 Å². The molecule has 40 heavy (non-hydrogen) atoms. The maximum Gasteiger partial charge on any atom is 0.240 e. The SMILES string of the molecule is CCOc1ccc(/C=N\NC(=O)CCCCCCCCC(=O)N/N=C/c2ccc(OCC)c(OC)c2)cc1OC. The number of ether oxygens (including phenoxy) is 4. The molecule has 0 radical (unpaired) electrons. The zero-order chi connectivity index (χ0) is 29.0. The van der Waals surface area contributed by atoms with E-state index in [1.54, 1.807) is 38.8 Å². The summed E-state index contributed by atoms with van der Waals surface area (Å²) in [5.41, 5.74) is 6.73. The summed E-state index contributed by atoms with van der Waals surface area (Å²) >= 11 is 0. The van der Waals surface area contributed by atoms with Gasteiger partial charge in [-0.25, -0.2) is 10.9 Å². The minimum absolute atomic E-state index is 0.116. The Labute approximate surface area is 237 Å². The first-order chi connectivity index (χ1) is 19.5. The van der Waals surface area contributed by atoms with Crippen molar-refractivity contribution in [1.82, 2.24) is 10.9 Å². The first-order valence-electron chi connectivity index (χ1n) is 13.8. The third-order valence-corrected chi connectivity index (χ3v) is 5.84. The number of methoxy groups -OCH3 is 2. The zero-order valence-electron chi connectivity index (χ0n) is 24.0. The van der Waals surface area contributed by atoms with Crippen LogP contribution >= 0.6 is 0 Å². The highest BCUT2D eigenvalue weighted by atomic mass is 16.5. The zero-order valence-corrected chi connectivity index (χ0v) is 24.0. The number of unbranched alkanes of at least 4 members (excludes halogenated alkanes) is 5. The minimum atomic E-state index is -0.116. The van der Waals surface area contributed by atoms with E-state index in [0.29, 0.717) is 49.1 Å². The number of nitrogens with zero attached hydrogens (tertiary/aromatic N) is 2. The Bertz CT molecular complexity index is 1030. The van der Waals surface area contributed by atoms with Crippen LogP contribution in [0.3, 0.4) is 0 Å². The maximum absolute atomic E-state index is 12.0. The molecule has 218 valence electrons. The summed E-state index contributed by atoms with van der Waals surface area (Å²) in [5, 5.41) is 8.05. The number of nitrogens with one attached hydrogen (secondary N) is 2. The van der Waals surface area contributed by atoms with E-state index in [1.807, 2.05) is 38.1 Å². The van der Waals surface area contributed by atoms with Crippen molar-refractivity contribution in [2.75, 3.05) is 27.4 Å². The van der Waals surface area contributed by atoms with Gasteiger partial charge in [0.25, 0.3) is 0 Å². The largest absolute Gasteiger partial charge is 0.493 e. The lowest BCUT2D eigenvalue weighted by molar-refractivity contribution is -0.122. The van der Waals surface area contributed by atoms with Crippen molar-refractivity contribution >= 4 is 24.2 Å². The van der Waals surface area contributed by atoms with Crippen molar-refractivity contribution in [3.8, 4) is 23.0 Å². The average molecular weight is 555 g/mol. The second kappa shape index (κ2) is 19.1. The smallest absolute Gasteiger partial charge is 0.240 e. The first kappa shape index (κ1) is 32.1. The standard InChI is InChI=1S/C30H42N4O6/c1-5-39-25-17-15-23(19-27(25)37-3)21-31-33-29(35)13-11-9-7-8-10-12-14-30(36)34-32-22-24-16-18-26(40-6-2)28(20-24)38-4/h15-22H,5-14H2,1-4H3,(H,33,35)(H,34,36)/b31-21-,32-22+. The molecule has 2 aromatic rings. The van der Waals surface area contributed by atoms with Gasteiger partial charge in [0.15, 0.2) is 23.0 Å². The molecule has 0 aliphatic heterocycles. The summed E-state index contributed by atoms with van der Waals surface area (Å²) in [4.78, 5) is 24.0. The molecule has 0 fully saturated rings. The molecule has 2 aromatic carbocycles. The lowest BCUT2D eigenvalue weighted by Gasteiger charge is -2.09.